The van der Waals surface area contributed by atoms with E-state index >= 15 is 0 Å². The van der Waals surface area contributed by atoms with Crippen molar-refractivity contribution in [3.63, 3.8) is 0 Å². The van der Waals surface area contributed by atoms with Crippen LogP contribution in [0.25, 0.3) is 10.8 Å². The quantitative estimate of drug-likeness (QED) is 0.538. The molecule has 3 aromatic rings. The van der Waals surface area contributed by atoms with Gasteiger partial charge in [0.1, 0.15) is 11.5 Å². The smallest absolute Gasteiger partial charge is 0.255 e. The van der Waals surface area contributed by atoms with E-state index in [9.17, 15) is 15.0 Å². The molecule has 0 unspecified atom stereocenters. The first-order valence-electron chi connectivity index (χ1n) is 7.98. The van der Waals surface area contributed by atoms with Crippen LogP contribution < -0.4 is 5.32 Å². The number of thioether (sulfide) groups is 1. The summed E-state index contributed by atoms with van der Waals surface area (Å²) < 4.78 is 0. The van der Waals surface area contributed by atoms with Crippen LogP contribution in [0.15, 0.2) is 47.8 Å². The van der Waals surface area contributed by atoms with Crippen molar-refractivity contribution in [1.82, 2.24) is 5.32 Å². The first kappa shape index (κ1) is 17.6. The Balaban J connectivity index is 1.51. The lowest BCUT2D eigenvalue weighted by molar-refractivity contribution is 0.0951. The number of rotatable bonds is 7. The maximum atomic E-state index is 12.3. The number of hydrogen-bond donors (Lipinski definition) is 3. The zero-order valence-corrected chi connectivity index (χ0v) is 15.2. The van der Waals surface area contributed by atoms with E-state index in [0.717, 1.165) is 23.3 Å². The van der Waals surface area contributed by atoms with E-state index in [1.807, 2.05) is 11.8 Å². The van der Waals surface area contributed by atoms with E-state index in [-0.39, 0.29) is 23.0 Å². The van der Waals surface area contributed by atoms with Crippen molar-refractivity contribution in [3.8, 4) is 11.5 Å². The third kappa shape index (κ3) is 4.46. The van der Waals surface area contributed by atoms with Crippen LogP contribution in [0.2, 0.25) is 0 Å². The van der Waals surface area contributed by atoms with Crippen molar-refractivity contribution in [2.75, 3.05) is 12.3 Å². The number of fused-ring (bicyclic) bond motifs is 1. The van der Waals surface area contributed by atoms with Crippen molar-refractivity contribution in [3.05, 3.63) is 58.3 Å². The molecule has 0 saturated heterocycles. The first-order valence-corrected chi connectivity index (χ1v) is 10.0. The van der Waals surface area contributed by atoms with Gasteiger partial charge in [-0.2, -0.15) is 11.8 Å². The van der Waals surface area contributed by atoms with Gasteiger partial charge in [0.25, 0.3) is 5.91 Å². The Labute approximate surface area is 154 Å². The third-order valence-electron chi connectivity index (χ3n) is 3.79. The number of nitrogens with one attached hydrogen (secondary N) is 1. The summed E-state index contributed by atoms with van der Waals surface area (Å²) in [7, 11) is 0. The zero-order valence-electron chi connectivity index (χ0n) is 13.6. The molecule has 3 N–H and O–H groups in total. The molecule has 0 spiro atoms. The average Bonchev–Trinajstić information content (AvgIpc) is 3.11. The highest BCUT2D eigenvalue weighted by atomic mass is 32.2. The summed E-state index contributed by atoms with van der Waals surface area (Å²) in [6.07, 6.45) is 0.872. The van der Waals surface area contributed by atoms with Gasteiger partial charge in [-0.3, -0.25) is 4.79 Å². The van der Waals surface area contributed by atoms with E-state index in [4.69, 9.17) is 0 Å². The minimum absolute atomic E-state index is 0.0857. The largest absolute Gasteiger partial charge is 0.507 e. The van der Waals surface area contributed by atoms with Gasteiger partial charge in [0, 0.05) is 22.6 Å². The molecule has 0 saturated carbocycles. The van der Waals surface area contributed by atoms with Crippen molar-refractivity contribution >= 4 is 39.8 Å². The number of aromatic hydroxyl groups is 2. The number of benzene rings is 2. The van der Waals surface area contributed by atoms with Crippen LogP contribution in [0.3, 0.4) is 0 Å². The van der Waals surface area contributed by atoms with Gasteiger partial charge in [-0.15, -0.1) is 11.3 Å². The molecule has 25 heavy (non-hydrogen) atoms. The Kier molecular flexibility index (Phi) is 5.83. The van der Waals surface area contributed by atoms with Crippen molar-refractivity contribution in [2.24, 2.45) is 0 Å². The second kappa shape index (κ2) is 8.27. The Hall–Kier alpha value is -2.18. The van der Waals surface area contributed by atoms with E-state index < -0.39 is 0 Å². The molecule has 0 radical (unpaired) electrons. The normalized spacial score (nSPS) is 10.9. The maximum absolute atomic E-state index is 12.3. The van der Waals surface area contributed by atoms with Gasteiger partial charge in [-0.25, -0.2) is 0 Å². The van der Waals surface area contributed by atoms with Crippen molar-refractivity contribution in [1.29, 1.82) is 0 Å². The van der Waals surface area contributed by atoms with Crippen LogP contribution in [0, 0.1) is 0 Å². The number of amides is 1. The number of carbonyl (C=O) groups excluding carboxylic acids is 1. The Morgan fingerprint density at radius 3 is 2.80 bits per heavy atom. The van der Waals surface area contributed by atoms with Crippen LogP contribution in [-0.4, -0.2) is 28.4 Å². The number of phenolic OH excluding ortho intramolecular Hbond substituents is 2. The molecule has 3 rings (SSSR count). The lowest BCUT2D eigenvalue weighted by Gasteiger charge is -2.09. The summed E-state index contributed by atoms with van der Waals surface area (Å²) in [4.78, 5) is 13.6. The van der Waals surface area contributed by atoms with Gasteiger partial charge in [0.05, 0.1) is 5.56 Å². The van der Waals surface area contributed by atoms with Crippen LogP contribution in [-0.2, 0) is 5.75 Å². The minimum Gasteiger partial charge on any atom is -0.507 e. The highest BCUT2D eigenvalue weighted by Crippen LogP contribution is 2.30. The second-order valence-electron chi connectivity index (χ2n) is 5.61. The van der Waals surface area contributed by atoms with Gasteiger partial charge in [0.2, 0.25) is 0 Å². The number of phenols is 2. The highest BCUT2D eigenvalue weighted by Gasteiger charge is 2.13. The Morgan fingerprint density at radius 2 is 2.00 bits per heavy atom. The van der Waals surface area contributed by atoms with E-state index in [1.165, 1.54) is 10.9 Å². The highest BCUT2D eigenvalue weighted by molar-refractivity contribution is 7.98. The molecule has 0 aliphatic carbocycles. The molecule has 4 nitrogen and oxygen atoms in total. The van der Waals surface area contributed by atoms with Crippen LogP contribution in [0.5, 0.6) is 11.5 Å². The standard InChI is InChI=1S/C19H19NO3S2/c21-17-6-1-4-13-10-16(18(22)11-15(13)17)19(23)20-7-3-8-24-12-14-5-2-9-25-14/h1-2,4-6,9-11,21-22H,3,7-8,12H2,(H,20,23). The van der Waals surface area contributed by atoms with Gasteiger partial charge >= 0.3 is 0 Å². The van der Waals surface area contributed by atoms with E-state index in [0.29, 0.717) is 11.9 Å². The summed E-state index contributed by atoms with van der Waals surface area (Å²) in [6, 6.07) is 12.3. The Bertz CT molecular complexity index is 862. The molecule has 0 aliphatic heterocycles. The van der Waals surface area contributed by atoms with Crippen LogP contribution in [0.4, 0.5) is 0 Å². The fourth-order valence-electron chi connectivity index (χ4n) is 2.52. The molecule has 0 bridgehead atoms. The molecule has 0 aliphatic rings. The minimum atomic E-state index is -0.300. The first-order chi connectivity index (χ1) is 12.1. The molecule has 6 heteroatoms. The summed E-state index contributed by atoms with van der Waals surface area (Å²) >= 11 is 3.60. The molecule has 1 amide bonds. The monoisotopic (exact) mass is 373 g/mol. The predicted octanol–water partition coefficient (Wildman–Crippen LogP) is 4.37. The summed E-state index contributed by atoms with van der Waals surface area (Å²) in [5.41, 5.74) is 0.226. The molecule has 130 valence electrons. The molecule has 0 atom stereocenters. The van der Waals surface area contributed by atoms with Crippen molar-refractivity contribution < 1.29 is 15.0 Å². The van der Waals surface area contributed by atoms with E-state index in [1.54, 1.807) is 35.6 Å². The maximum Gasteiger partial charge on any atom is 0.255 e. The second-order valence-corrected chi connectivity index (χ2v) is 7.75. The van der Waals surface area contributed by atoms with Crippen LogP contribution >= 0.6 is 23.1 Å². The number of hydrogen-bond acceptors (Lipinski definition) is 5. The lowest BCUT2D eigenvalue weighted by atomic mass is 10.0. The topological polar surface area (TPSA) is 69.6 Å². The van der Waals surface area contributed by atoms with Gasteiger partial charge in [-0.1, -0.05) is 18.2 Å². The molecule has 2 aromatic carbocycles. The third-order valence-corrected chi connectivity index (χ3v) is 5.95. The van der Waals surface area contributed by atoms with Gasteiger partial charge < -0.3 is 15.5 Å². The zero-order chi connectivity index (χ0) is 17.6. The Morgan fingerprint density at radius 1 is 1.12 bits per heavy atom. The molecule has 1 aromatic heterocycles. The predicted molar refractivity (Wildman–Crippen MR) is 105 cm³/mol. The fourth-order valence-corrected chi connectivity index (χ4v) is 4.32. The van der Waals surface area contributed by atoms with Gasteiger partial charge in [0.15, 0.2) is 0 Å². The van der Waals surface area contributed by atoms with Crippen molar-refractivity contribution in [2.45, 2.75) is 12.2 Å². The molecule has 1 heterocycles. The molecular weight excluding hydrogens is 354 g/mol. The summed E-state index contributed by atoms with van der Waals surface area (Å²) in [5.74, 6) is 1.63. The SMILES string of the molecule is O=C(NCCCSCc1cccs1)c1cc2cccc(O)c2cc1O. The van der Waals surface area contributed by atoms with Gasteiger partial charge in [-0.05, 0) is 47.2 Å². The lowest BCUT2D eigenvalue weighted by Crippen LogP contribution is -2.24. The number of thiophene rings is 1. The fraction of sp³-hybridized carbons (Fsp3) is 0.211. The summed E-state index contributed by atoms with van der Waals surface area (Å²) in [5, 5.41) is 26.0. The number of carbonyl (C=O) groups is 1. The molecule has 0 fully saturated rings. The van der Waals surface area contributed by atoms with Crippen LogP contribution in [0.1, 0.15) is 21.7 Å². The average molecular weight is 373 g/mol. The molecular formula is C19H19NO3S2. The summed E-state index contributed by atoms with van der Waals surface area (Å²) in [6.45, 7) is 0.563. The van der Waals surface area contributed by atoms with E-state index in [2.05, 4.69) is 22.8 Å².